The van der Waals surface area contributed by atoms with E-state index in [1.807, 2.05) is 34.2 Å². The molecule has 0 N–H and O–H groups in total. The predicted octanol–water partition coefficient (Wildman–Crippen LogP) is 4.43. The average Bonchev–Trinajstić information content (AvgIpc) is 3.60. The van der Waals surface area contributed by atoms with Gasteiger partial charge in [-0.05, 0) is 61.4 Å². The second-order valence-corrected chi connectivity index (χ2v) is 8.71. The first kappa shape index (κ1) is 20.3. The van der Waals surface area contributed by atoms with Gasteiger partial charge >= 0.3 is 0 Å². The highest BCUT2D eigenvalue weighted by atomic mass is 19.1. The van der Waals surface area contributed by atoms with Crippen LogP contribution in [0.15, 0.2) is 49.1 Å². The molecule has 0 radical (unpaired) electrons. The zero-order valence-corrected chi connectivity index (χ0v) is 18.1. The van der Waals surface area contributed by atoms with Crippen LogP contribution in [-0.4, -0.2) is 44.1 Å². The molecule has 0 amide bonds. The van der Waals surface area contributed by atoms with Crippen molar-refractivity contribution in [3.63, 3.8) is 0 Å². The summed E-state index contributed by atoms with van der Waals surface area (Å²) in [4.78, 5) is 6.92. The van der Waals surface area contributed by atoms with Crippen molar-refractivity contribution in [1.82, 2.24) is 24.4 Å². The van der Waals surface area contributed by atoms with Crippen molar-refractivity contribution in [3.05, 3.63) is 71.8 Å². The molecule has 7 nitrogen and oxygen atoms in total. The van der Waals surface area contributed by atoms with Crippen LogP contribution in [0.25, 0.3) is 11.3 Å². The van der Waals surface area contributed by atoms with Crippen LogP contribution in [-0.2, 0) is 4.74 Å². The van der Waals surface area contributed by atoms with Crippen molar-refractivity contribution in [2.75, 3.05) is 24.7 Å². The molecule has 1 atom stereocenters. The van der Waals surface area contributed by atoms with Crippen LogP contribution in [0.3, 0.4) is 0 Å². The number of ether oxygens (including phenoxy) is 1. The minimum atomic E-state index is -0.432. The molecule has 170 valence electrons. The van der Waals surface area contributed by atoms with Crippen LogP contribution >= 0.6 is 0 Å². The van der Waals surface area contributed by atoms with E-state index in [1.165, 1.54) is 17.7 Å². The first-order valence-corrected chi connectivity index (χ1v) is 11.4. The maximum atomic E-state index is 14.5. The molecule has 2 aliphatic rings. The number of anilines is 1. The van der Waals surface area contributed by atoms with Gasteiger partial charge in [-0.2, -0.15) is 10.2 Å². The number of halogens is 2. The molecule has 1 aromatic carbocycles. The first-order valence-electron chi connectivity index (χ1n) is 11.4. The lowest BCUT2D eigenvalue weighted by Gasteiger charge is -2.26. The van der Waals surface area contributed by atoms with Gasteiger partial charge in [-0.1, -0.05) is 0 Å². The van der Waals surface area contributed by atoms with Gasteiger partial charge in [0.1, 0.15) is 23.1 Å². The lowest BCUT2D eigenvalue weighted by Crippen LogP contribution is -2.24. The lowest BCUT2D eigenvalue weighted by atomic mass is 9.94. The van der Waals surface area contributed by atoms with Gasteiger partial charge in [-0.25, -0.2) is 23.0 Å². The fourth-order valence-electron chi connectivity index (χ4n) is 5.01. The topological polar surface area (TPSA) is 60.5 Å². The molecule has 4 aromatic rings. The highest BCUT2D eigenvalue weighted by molar-refractivity contribution is 5.61. The van der Waals surface area contributed by atoms with Crippen molar-refractivity contribution in [3.8, 4) is 5.69 Å². The number of hydrogen-bond donors (Lipinski definition) is 0. The Morgan fingerprint density at radius 2 is 1.88 bits per heavy atom. The molecule has 3 aromatic heterocycles. The molecule has 2 saturated heterocycles. The van der Waals surface area contributed by atoms with Gasteiger partial charge in [0.05, 0.1) is 18.4 Å². The summed E-state index contributed by atoms with van der Waals surface area (Å²) in [6.45, 7) is 2.28. The van der Waals surface area contributed by atoms with Gasteiger partial charge in [-0.15, -0.1) is 0 Å². The second-order valence-electron chi connectivity index (χ2n) is 8.71. The molecule has 33 heavy (non-hydrogen) atoms. The van der Waals surface area contributed by atoms with E-state index in [-0.39, 0.29) is 6.04 Å². The van der Waals surface area contributed by atoms with Gasteiger partial charge in [0.15, 0.2) is 5.65 Å². The summed E-state index contributed by atoms with van der Waals surface area (Å²) in [5, 5.41) is 9.01. The smallest absolute Gasteiger partial charge is 0.183 e. The Morgan fingerprint density at radius 1 is 1.00 bits per heavy atom. The average molecular weight is 450 g/mol. The van der Waals surface area contributed by atoms with E-state index in [1.54, 1.807) is 10.7 Å². The largest absolute Gasteiger partial charge is 0.381 e. The van der Waals surface area contributed by atoms with Crippen molar-refractivity contribution in [1.29, 1.82) is 0 Å². The molecular weight excluding hydrogens is 426 g/mol. The molecule has 6 rings (SSSR count). The van der Waals surface area contributed by atoms with E-state index in [0.717, 1.165) is 57.2 Å². The van der Waals surface area contributed by atoms with Crippen molar-refractivity contribution < 1.29 is 13.5 Å². The van der Waals surface area contributed by atoms with Gasteiger partial charge in [0.2, 0.25) is 0 Å². The van der Waals surface area contributed by atoms with E-state index in [2.05, 4.69) is 10.2 Å². The summed E-state index contributed by atoms with van der Waals surface area (Å²) < 4.78 is 37.4. The lowest BCUT2D eigenvalue weighted by molar-refractivity contribution is 0.0853. The van der Waals surface area contributed by atoms with Crippen LogP contribution in [0.4, 0.5) is 14.6 Å². The molecule has 0 spiro atoms. The van der Waals surface area contributed by atoms with Gasteiger partial charge in [0, 0.05) is 37.7 Å². The Morgan fingerprint density at radius 3 is 2.76 bits per heavy atom. The number of hydrogen-bond acceptors (Lipinski definition) is 5. The molecule has 2 aliphatic heterocycles. The van der Waals surface area contributed by atoms with Crippen molar-refractivity contribution in [2.24, 2.45) is 0 Å². The normalized spacial score (nSPS) is 19.6. The third kappa shape index (κ3) is 3.66. The number of fused-ring (bicyclic) bond motifs is 1. The molecule has 0 aliphatic carbocycles. The minimum Gasteiger partial charge on any atom is -0.381 e. The van der Waals surface area contributed by atoms with E-state index in [0.29, 0.717) is 22.9 Å². The summed E-state index contributed by atoms with van der Waals surface area (Å²) in [6.07, 6.45) is 11.2. The highest BCUT2D eigenvalue weighted by Gasteiger charge is 2.30. The molecule has 0 saturated carbocycles. The van der Waals surface area contributed by atoms with Crippen molar-refractivity contribution >= 4 is 11.5 Å². The standard InChI is InChI=1S/C24H24F2N6O/c25-18-3-4-20(26)19(12-18)21-2-1-8-30(21)23-5-9-31-24(29-23)22(14-28-31)32-15-17(13-27-32)16-6-10-33-11-7-16/h3-5,9,12-16,21H,1-2,6-8,10-11H2. The van der Waals surface area contributed by atoms with E-state index in [9.17, 15) is 8.78 Å². The fourth-order valence-corrected chi connectivity index (χ4v) is 5.01. The Labute approximate surface area is 189 Å². The van der Waals surface area contributed by atoms with Crippen LogP contribution in [0.5, 0.6) is 0 Å². The zero-order chi connectivity index (χ0) is 22.4. The monoisotopic (exact) mass is 450 g/mol. The van der Waals surface area contributed by atoms with E-state index < -0.39 is 11.6 Å². The van der Waals surface area contributed by atoms with Gasteiger partial charge < -0.3 is 9.64 Å². The molecule has 2 fully saturated rings. The molecule has 5 heterocycles. The summed E-state index contributed by atoms with van der Waals surface area (Å²) in [5.41, 5.74) is 3.01. The van der Waals surface area contributed by atoms with Crippen LogP contribution < -0.4 is 4.90 Å². The Kier molecular flexibility index (Phi) is 5.05. The third-order valence-corrected chi connectivity index (χ3v) is 6.74. The maximum absolute atomic E-state index is 14.5. The van der Waals surface area contributed by atoms with Crippen LogP contribution in [0, 0.1) is 11.6 Å². The van der Waals surface area contributed by atoms with E-state index >= 15 is 0 Å². The third-order valence-electron chi connectivity index (χ3n) is 6.74. The first-order chi connectivity index (χ1) is 16.2. The predicted molar refractivity (Wildman–Crippen MR) is 119 cm³/mol. The van der Waals surface area contributed by atoms with E-state index in [4.69, 9.17) is 9.72 Å². The quantitative estimate of drug-likeness (QED) is 0.460. The molecule has 1 unspecified atom stereocenters. The molecule has 9 heteroatoms. The van der Waals surface area contributed by atoms with Gasteiger partial charge in [-0.3, -0.25) is 0 Å². The molecule has 0 bridgehead atoms. The van der Waals surface area contributed by atoms with Gasteiger partial charge in [0.25, 0.3) is 0 Å². The Hall–Kier alpha value is -3.33. The summed E-state index contributed by atoms with van der Waals surface area (Å²) >= 11 is 0. The fraction of sp³-hybridized carbons (Fsp3) is 0.375. The van der Waals surface area contributed by atoms with Crippen LogP contribution in [0.2, 0.25) is 0 Å². The summed E-state index contributed by atoms with van der Waals surface area (Å²) in [7, 11) is 0. The second kappa shape index (κ2) is 8.22. The highest BCUT2D eigenvalue weighted by Crippen LogP contribution is 2.37. The van der Waals surface area contributed by atoms with Crippen LogP contribution in [0.1, 0.15) is 48.8 Å². The minimum absolute atomic E-state index is 0.258. The summed E-state index contributed by atoms with van der Waals surface area (Å²) in [6, 6.07) is 5.26. The number of aromatic nitrogens is 5. The molecular formula is C24H24F2N6O. The zero-order valence-electron chi connectivity index (χ0n) is 18.1. The number of benzene rings is 1. The SMILES string of the molecule is Fc1ccc(F)c(C2CCCN2c2ccn3ncc(-n4cc(C5CCOCC5)cn4)c3n2)c1. The summed E-state index contributed by atoms with van der Waals surface area (Å²) in [5.74, 6) is 0.340. The number of nitrogens with zero attached hydrogens (tertiary/aromatic N) is 6. The van der Waals surface area contributed by atoms with Crippen molar-refractivity contribution in [2.45, 2.75) is 37.6 Å². The number of rotatable bonds is 4. The Balaban J connectivity index is 1.34. The Bertz CT molecular complexity index is 1300. The maximum Gasteiger partial charge on any atom is 0.183 e.